The highest BCUT2D eigenvalue weighted by atomic mass is 19.1. The second-order valence-electron chi connectivity index (χ2n) is 6.51. The van der Waals surface area contributed by atoms with E-state index < -0.39 is 23.1 Å². The van der Waals surface area contributed by atoms with Gasteiger partial charge in [0.25, 0.3) is 5.91 Å². The topological polar surface area (TPSA) is 84.6 Å². The van der Waals surface area contributed by atoms with E-state index in [1.54, 1.807) is 19.9 Å². The molecule has 2 aromatic rings. The second-order valence-corrected chi connectivity index (χ2v) is 6.51. The Morgan fingerprint density at radius 3 is 2.38 bits per heavy atom. The molecule has 0 spiro atoms. The Bertz CT molecular complexity index is 817. The zero-order valence-corrected chi connectivity index (χ0v) is 14.9. The van der Waals surface area contributed by atoms with Gasteiger partial charge in [0.15, 0.2) is 0 Å². The van der Waals surface area contributed by atoms with E-state index in [0.29, 0.717) is 5.56 Å². The van der Waals surface area contributed by atoms with Gasteiger partial charge in [0.1, 0.15) is 11.6 Å². The van der Waals surface area contributed by atoms with Gasteiger partial charge in [-0.2, -0.15) is 0 Å². The number of nitrogens with two attached hydrogens (primary N) is 1. The van der Waals surface area contributed by atoms with E-state index in [1.807, 2.05) is 0 Å². The summed E-state index contributed by atoms with van der Waals surface area (Å²) in [6, 6.07) is 6.59. The first-order valence-electron chi connectivity index (χ1n) is 7.99. The number of hydrogen-bond acceptors (Lipinski definition) is 4. The number of anilines is 1. The zero-order valence-electron chi connectivity index (χ0n) is 14.9. The van der Waals surface area contributed by atoms with Gasteiger partial charge in [0.2, 0.25) is 0 Å². The molecule has 0 radical (unpaired) electrons. The van der Waals surface area contributed by atoms with Crippen LogP contribution in [-0.2, 0) is 23.5 Å². The summed E-state index contributed by atoms with van der Waals surface area (Å²) >= 11 is 0. The van der Waals surface area contributed by atoms with Crippen LogP contribution in [0.2, 0.25) is 0 Å². The Labute approximate surface area is 150 Å². The molecular formula is C19H22F2N2O3. The first-order chi connectivity index (χ1) is 12.1. The van der Waals surface area contributed by atoms with E-state index >= 15 is 0 Å². The van der Waals surface area contributed by atoms with Gasteiger partial charge >= 0.3 is 0 Å². The normalized spacial score (nSPS) is 11.5. The molecule has 0 fully saturated rings. The van der Waals surface area contributed by atoms with E-state index in [1.165, 1.54) is 19.2 Å². The summed E-state index contributed by atoms with van der Waals surface area (Å²) in [7, 11) is 1.39. The van der Waals surface area contributed by atoms with Crippen LogP contribution in [0.5, 0.6) is 0 Å². The number of amides is 1. The van der Waals surface area contributed by atoms with Crippen molar-refractivity contribution in [3.05, 3.63) is 64.2 Å². The molecule has 0 bridgehead atoms. The minimum Gasteiger partial charge on any atom is -0.398 e. The highest BCUT2D eigenvalue weighted by Gasteiger charge is 2.20. The number of methoxy groups -OCH3 is 1. The van der Waals surface area contributed by atoms with Gasteiger partial charge in [0, 0.05) is 41.6 Å². The van der Waals surface area contributed by atoms with Crippen molar-refractivity contribution in [2.75, 3.05) is 12.8 Å². The summed E-state index contributed by atoms with van der Waals surface area (Å²) in [6.07, 6.45) is 0. The zero-order chi connectivity index (χ0) is 19.5. The van der Waals surface area contributed by atoms with Crippen LogP contribution in [-0.4, -0.2) is 18.1 Å². The summed E-state index contributed by atoms with van der Waals surface area (Å²) in [4.78, 5) is 12.2. The molecule has 0 aliphatic carbocycles. The molecule has 0 aliphatic rings. The molecule has 0 aliphatic heterocycles. The van der Waals surface area contributed by atoms with E-state index in [-0.39, 0.29) is 35.5 Å². The third-order valence-electron chi connectivity index (χ3n) is 3.93. The largest absolute Gasteiger partial charge is 0.398 e. The van der Waals surface area contributed by atoms with Crippen molar-refractivity contribution in [2.45, 2.75) is 32.6 Å². The number of carbonyl (C=O) groups excluding carboxylic acids is 1. The summed E-state index contributed by atoms with van der Waals surface area (Å²) in [6.45, 7) is 2.95. The second kappa shape index (κ2) is 7.80. The Balaban J connectivity index is 2.12. The van der Waals surface area contributed by atoms with E-state index in [4.69, 9.17) is 10.5 Å². The van der Waals surface area contributed by atoms with Gasteiger partial charge in [0.05, 0.1) is 12.2 Å². The number of benzene rings is 2. The number of ether oxygens (including phenoxy) is 1. The molecule has 1 amide bonds. The predicted molar refractivity (Wildman–Crippen MR) is 94.3 cm³/mol. The first-order valence-corrected chi connectivity index (χ1v) is 7.99. The first kappa shape index (κ1) is 19.8. The van der Waals surface area contributed by atoms with E-state index in [9.17, 15) is 18.7 Å². The van der Waals surface area contributed by atoms with Crippen LogP contribution in [0.3, 0.4) is 0 Å². The summed E-state index contributed by atoms with van der Waals surface area (Å²) in [5.41, 5.74) is 5.90. The third kappa shape index (κ3) is 4.56. The maximum Gasteiger partial charge on any atom is 0.251 e. The fourth-order valence-electron chi connectivity index (χ4n) is 2.57. The molecule has 5 nitrogen and oxygen atoms in total. The molecule has 2 aromatic carbocycles. The maximum atomic E-state index is 14.0. The molecule has 0 saturated carbocycles. The van der Waals surface area contributed by atoms with Gasteiger partial charge < -0.3 is 20.9 Å². The van der Waals surface area contributed by atoms with Crippen LogP contribution in [0.4, 0.5) is 14.5 Å². The lowest BCUT2D eigenvalue weighted by Crippen LogP contribution is -2.24. The molecule has 4 N–H and O–H groups in total. The Hall–Kier alpha value is -2.51. The van der Waals surface area contributed by atoms with Gasteiger partial charge in [-0.05, 0) is 38.1 Å². The van der Waals surface area contributed by atoms with Crippen molar-refractivity contribution in [1.82, 2.24) is 5.32 Å². The average Bonchev–Trinajstić information content (AvgIpc) is 2.55. The highest BCUT2D eigenvalue weighted by molar-refractivity contribution is 5.95. The van der Waals surface area contributed by atoms with Crippen molar-refractivity contribution in [3.8, 4) is 0 Å². The number of aliphatic hydroxyl groups is 1. The van der Waals surface area contributed by atoms with Crippen LogP contribution in [0.25, 0.3) is 0 Å². The molecule has 26 heavy (non-hydrogen) atoms. The Kier molecular flexibility index (Phi) is 5.94. The lowest BCUT2D eigenvalue weighted by Gasteiger charge is -2.20. The van der Waals surface area contributed by atoms with Gasteiger partial charge in [-0.15, -0.1) is 0 Å². The van der Waals surface area contributed by atoms with Crippen LogP contribution in [0, 0.1) is 11.6 Å². The number of nitrogen functional groups attached to an aromatic ring is 1. The number of rotatable bonds is 6. The fourth-order valence-corrected chi connectivity index (χ4v) is 2.57. The number of halogens is 2. The minimum absolute atomic E-state index is 0.0248. The van der Waals surface area contributed by atoms with Crippen molar-refractivity contribution in [1.29, 1.82) is 0 Å². The Morgan fingerprint density at radius 2 is 1.81 bits per heavy atom. The monoisotopic (exact) mass is 364 g/mol. The molecule has 0 heterocycles. The lowest BCUT2D eigenvalue weighted by atomic mass is 9.95. The van der Waals surface area contributed by atoms with Gasteiger partial charge in [-0.3, -0.25) is 4.79 Å². The molecule has 2 rings (SSSR count). The minimum atomic E-state index is -1.14. The van der Waals surface area contributed by atoms with E-state index in [2.05, 4.69) is 5.32 Å². The van der Waals surface area contributed by atoms with Crippen LogP contribution in [0.15, 0.2) is 30.3 Å². The van der Waals surface area contributed by atoms with E-state index in [0.717, 1.165) is 12.1 Å². The van der Waals surface area contributed by atoms with Crippen molar-refractivity contribution in [2.24, 2.45) is 0 Å². The summed E-state index contributed by atoms with van der Waals surface area (Å²) in [5, 5.41) is 12.5. The predicted octanol–water partition coefficient (Wildman–Crippen LogP) is 2.85. The standard InChI is InChI=1S/C19H22F2N2O3/c1-19(2,25)14-5-4-11(8-17(14)22)18(24)23-9-12-6-16(21)13(10-26-3)7-15(12)20/h4-8,25H,9-10,22H2,1-3H3,(H,23,24). The molecular weight excluding hydrogens is 342 g/mol. The molecule has 7 heteroatoms. The average molecular weight is 364 g/mol. The molecule has 0 aromatic heterocycles. The smallest absolute Gasteiger partial charge is 0.251 e. The number of carbonyl (C=O) groups is 1. The molecule has 0 saturated heterocycles. The fraction of sp³-hybridized carbons (Fsp3) is 0.316. The third-order valence-corrected chi connectivity index (χ3v) is 3.93. The SMILES string of the molecule is COCc1cc(F)c(CNC(=O)c2ccc(C(C)(C)O)c(N)c2)cc1F. The van der Waals surface area contributed by atoms with Crippen LogP contribution in [0.1, 0.15) is 40.9 Å². The van der Waals surface area contributed by atoms with Crippen molar-refractivity contribution < 1.29 is 23.4 Å². The molecule has 140 valence electrons. The van der Waals surface area contributed by atoms with Crippen LogP contribution >= 0.6 is 0 Å². The van der Waals surface area contributed by atoms with Crippen molar-refractivity contribution >= 4 is 11.6 Å². The summed E-state index contributed by atoms with van der Waals surface area (Å²) < 4.78 is 32.7. The Morgan fingerprint density at radius 1 is 1.19 bits per heavy atom. The molecule has 0 unspecified atom stereocenters. The van der Waals surface area contributed by atoms with Crippen LogP contribution < -0.4 is 11.1 Å². The maximum absolute atomic E-state index is 14.0. The quantitative estimate of drug-likeness (QED) is 0.688. The van der Waals surface area contributed by atoms with Gasteiger partial charge in [-0.1, -0.05) is 6.07 Å². The number of hydrogen-bond donors (Lipinski definition) is 3. The van der Waals surface area contributed by atoms with Crippen molar-refractivity contribution in [3.63, 3.8) is 0 Å². The van der Waals surface area contributed by atoms with Gasteiger partial charge in [-0.25, -0.2) is 8.78 Å². The highest BCUT2D eigenvalue weighted by Crippen LogP contribution is 2.26. The summed E-state index contributed by atoms with van der Waals surface area (Å²) in [5.74, 6) is -1.72. The number of nitrogens with one attached hydrogen (secondary N) is 1. The molecule has 0 atom stereocenters. The lowest BCUT2D eigenvalue weighted by molar-refractivity contribution is 0.0792.